The van der Waals surface area contributed by atoms with Crippen LogP contribution in [0.4, 0.5) is 10.6 Å². The number of benzene rings is 1. The maximum absolute atomic E-state index is 12.6. The van der Waals surface area contributed by atoms with Crippen molar-refractivity contribution >= 4 is 17.8 Å². The molecule has 2 aromatic rings. The molecule has 1 aliphatic heterocycles. The summed E-state index contributed by atoms with van der Waals surface area (Å²) in [5.41, 5.74) is 2.37. The molecule has 1 atom stereocenters. The van der Waals surface area contributed by atoms with Gasteiger partial charge in [0.05, 0.1) is 12.2 Å². The number of hydrogen-bond acceptors (Lipinski definition) is 5. The molecule has 8 nitrogen and oxygen atoms in total. The molecule has 0 fully saturated rings. The highest BCUT2D eigenvalue weighted by molar-refractivity contribution is 5.94. The number of carbonyl (C=O) groups is 2. The maximum atomic E-state index is 12.6. The molecule has 1 aromatic heterocycles. The van der Waals surface area contributed by atoms with Gasteiger partial charge in [-0.2, -0.15) is 5.10 Å². The number of rotatable bonds is 5. The van der Waals surface area contributed by atoms with Crippen molar-refractivity contribution in [3.05, 3.63) is 41.1 Å². The smallest absolute Gasteiger partial charge is 0.410 e. The zero-order valence-electron chi connectivity index (χ0n) is 19.1. The fourth-order valence-electron chi connectivity index (χ4n) is 3.31. The molecular formula is C23H32N4O4. The second-order valence-electron chi connectivity index (χ2n) is 9.15. The Bertz CT molecular complexity index is 928. The van der Waals surface area contributed by atoms with E-state index in [0.717, 1.165) is 11.3 Å². The Labute approximate surface area is 183 Å². The third-order valence-electron chi connectivity index (χ3n) is 5.06. The Kier molecular flexibility index (Phi) is 6.57. The molecular weight excluding hydrogens is 396 g/mol. The lowest BCUT2D eigenvalue weighted by Crippen LogP contribution is -2.40. The molecule has 0 spiro atoms. The number of H-pyrrole nitrogens is 1. The number of aromatic nitrogens is 2. The van der Waals surface area contributed by atoms with E-state index in [-0.39, 0.29) is 12.0 Å². The van der Waals surface area contributed by atoms with Crippen LogP contribution in [-0.2, 0) is 22.5 Å². The molecule has 31 heavy (non-hydrogen) atoms. The number of nitrogens with zero attached hydrogens (tertiary/aromatic N) is 2. The molecule has 3 rings (SSSR count). The first-order chi connectivity index (χ1) is 14.5. The molecule has 0 saturated heterocycles. The van der Waals surface area contributed by atoms with E-state index < -0.39 is 11.7 Å². The summed E-state index contributed by atoms with van der Waals surface area (Å²) in [4.78, 5) is 26.6. The van der Waals surface area contributed by atoms with Crippen LogP contribution in [0, 0.1) is 0 Å². The van der Waals surface area contributed by atoms with Crippen LogP contribution in [-0.4, -0.2) is 45.3 Å². The second kappa shape index (κ2) is 8.99. The van der Waals surface area contributed by atoms with Crippen LogP contribution in [0.5, 0.6) is 5.75 Å². The van der Waals surface area contributed by atoms with Gasteiger partial charge in [-0.05, 0) is 57.7 Å². The summed E-state index contributed by atoms with van der Waals surface area (Å²) in [5.74, 6) is 1.28. The first-order valence-electron chi connectivity index (χ1n) is 10.6. The molecule has 0 radical (unpaired) electrons. The van der Waals surface area contributed by atoms with Crippen molar-refractivity contribution in [1.29, 1.82) is 0 Å². The number of fused-ring (bicyclic) bond motifs is 1. The summed E-state index contributed by atoms with van der Waals surface area (Å²) < 4.78 is 11.2. The summed E-state index contributed by atoms with van der Waals surface area (Å²) in [5, 5.41) is 10.0. The number of anilines is 1. The van der Waals surface area contributed by atoms with Crippen LogP contribution in [0.2, 0.25) is 0 Å². The number of amides is 2. The minimum atomic E-state index is -0.681. The largest absolute Gasteiger partial charge is 0.481 e. The summed E-state index contributed by atoms with van der Waals surface area (Å²) in [6.07, 6.45) is -0.463. The molecule has 0 aliphatic carbocycles. The van der Waals surface area contributed by atoms with Gasteiger partial charge in [-0.3, -0.25) is 9.89 Å². The molecule has 168 valence electrons. The van der Waals surface area contributed by atoms with Gasteiger partial charge in [0.1, 0.15) is 11.4 Å². The molecule has 1 aliphatic rings. The highest BCUT2D eigenvalue weighted by Gasteiger charge is 2.29. The molecule has 8 heteroatoms. The first-order valence-corrected chi connectivity index (χ1v) is 10.6. The van der Waals surface area contributed by atoms with Crippen molar-refractivity contribution in [2.45, 2.75) is 72.1 Å². The summed E-state index contributed by atoms with van der Waals surface area (Å²) in [7, 11) is 0. The Balaban J connectivity index is 1.59. The topological polar surface area (TPSA) is 96.5 Å². The average Bonchev–Trinajstić information content (AvgIpc) is 3.09. The van der Waals surface area contributed by atoms with Gasteiger partial charge in [0.25, 0.3) is 5.91 Å². The lowest BCUT2D eigenvalue weighted by atomic mass is 10.0. The van der Waals surface area contributed by atoms with Crippen LogP contribution in [0.25, 0.3) is 0 Å². The monoisotopic (exact) mass is 428 g/mol. The summed E-state index contributed by atoms with van der Waals surface area (Å²) >= 11 is 0. The van der Waals surface area contributed by atoms with E-state index in [1.807, 2.05) is 45.0 Å². The number of carbonyl (C=O) groups excluding carboxylic acids is 2. The van der Waals surface area contributed by atoms with Crippen molar-refractivity contribution in [3.8, 4) is 5.75 Å². The van der Waals surface area contributed by atoms with Crippen molar-refractivity contribution < 1.29 is 19.1 Å². The van der Waals surface area contributed by atoms with Crippen molar-refractivity contribution in [2.24, 2.45) is 0 Å². The zero-order chi connectivity index (χ0) is 22.8. The normalized spacial score (nSPS) is 14.7. The molecule has 2 amide bonds. The maximum Gasteiger partial charge on any atom is 0.410 e. The summed E-state index contributed by atoms with van der Waals surface area (Å²) in [6.45, 7) is 12.3. The van der Waals surface area contributed by atoms with Gasteiger partial charge in [0.2, 0.25) is 0 Å². The Morgan fingerprint density at radius 3 is 2.45 bits per heavy atom. The average molecular weight is 429 g/mol. The van der Waals surface area contributed by atoms with E-state index in [9.17, 15) is 9.59 Å². The van der Waals surface area contributed by atoms with Crippen LogP contribution >= 0.6 is 0 Å². The molecule has 0 saturated carbocycles. The lowest BCUT2D eigenvalue weighted by Gasteiger charge is -2.29. The molecule has 0 bridgehead atoms. The predicted octanol–water partition coefficient (Wildman–Crippen LogP) is 4.23. The van der Waals surface area contributed by atoms with Gasteiger partial charge in [0.15, 0.2) is 11.9 Å². The SMILES string of the molecule is CC(Oc1ccc(C(C)C)cc1)C(=O)Nc1n[nH]c2c1CCN(C(=O)OC(C)(C)C)C2. The van der Waals surface area contributed by atoms with Crippen molar-refractivity contribution in [2.75, 3.05) is 11.9 Å². The Morgan fingerprint density at radius 1 is 1.16 bits per heavy atom. The van der Waals surface area contributed by atoms with Gasteiger partial charge in [0, 0.05) is 12.1 Å². The van der Waals surface area contributed by atoms with Crippen LogP contribution in [0.3, 0.4) is 0 Å². The van der Waals surface area contributed by atoms with E-state index in [0.29, 0.717) is 37.0 Å². The van der Waals surface area contributed by atoms with E-state index in [2.05, 4.69) is 29.4 Å². The van der Waals surface area contributed by atoms with E-state index in [1.54, 1.807) is 11.8 Å². The highest BCUT2D eigenvalue weighted by atomic mass is 16.6. The van der Waals surface area contributed by atoms with E-state index in [1.165, 1.54) is 5.56 Å². The molecule has 1 aromatic carbocycles. The van der Waals surface area contributed by atoms with E-state index in [4.69, 9.17) is 9.47 Å². The molecule has 2 heterocycles. The fourth-order valence-corrected chi connectivity index (χ4v) is 3.31. The highest BCUT2D eigenvalue weighted by Crippen LogP contribution is 2.25. The fraction of sp³-hybridized carbons (Fsp3) is 0.522. The molecule has 2 N–H and O–H groups in total. The van der Waals surface area contributed by atoms with Crippen LogP contribution in [0.1, 0.15) is 64.3 Å². The van der Waals surface area contributed by atoms with Gasteiger partial charge in [-0.25, -0.2) is 4.79 Å². The van der Waals surface area contributed by atoms with Crippen molar-refractivity contribution in [3.63, 3.8) is 0 Å². The Morgan fingerprint density at radius 2 is 1.84 bits per heavy atom. The third kappa shape index (κ3) is 5.77. The first kappa shape index (κ1) is 22.7. The zero-order valence-corrected chi connectivity index (χ0v) is 19.1. The second-order valence-corrected chi connectivity index (χ2v) is 9.15. The third-order valence-corrected chi connectivity index (χ3v) is 5.06. The number of nitrogens with one attached hydrogen (secondary N) is 2. The predicted molar refractivity (Wildman–Crippen MR) is 118 cm³/mol. The molecule has 1 unspecified atom stereocenters. The summed E-state index contributed by atoms with van der Waals surface area (Å²) in [6, 6.07) is 7.76. The van der Waals surface area contributed by atoms with E-state index >= 15 is 0 Å². The quantitative estimate of drug-likeness (QED) is 0.743. The van der Waals surface area contributed by atoms with Gasteiger partial charge in [-0.15, -0.1) is 0 Å². The number of aromatic amines is 1. The lowest BCUT2D eigenvalue weighted by molar-refractivity contribution is -0.122. The number of ether oxygens (including phenoxy) is 2. The minimum absolute atomic E-state index is 0.281. The van der Waals surface area contributed by atoms with Gasteiger partial charge < -0.3 is 19.7 Å². The van der Waals surface area contributed by atoms with Gasteiger partial charge >= 0.3 is 6.09 Å². The van der Waals surface area contributed by atoms with Crippen molar-refractivity contribution in [1.82, 2.24) is 15.1 Å². The standard InChI is InChI=1S/C23H32N4O4/c1-14(2)16-7-9-17(10-8-16)30-15(3)21(28)24-20-18-11-12-27(13-19(18)25-26-20)22(29)31-23(4,5)6/h7-10,14-15H,11-13H2,1-6H3,(H2,24,25,26,28). The number of hydrogen-bond donors (Lipinski definition) is 2. The van der Waals surface area contributed by atoms with Gasteiger partial charge in [-0.1, -0.05) is 26.0 Å². The minimum Gasteiger partial charge on any atom is -0.481 e. The van der Waals surface area contributed by atoms with Crippen LogP contribution < -0.4 is 10.1 Å². The van der Waals surface area contributed by atoms with Crippen LogP contribution in [0.15, 0.2) is 24.3 Å². The Hall–Kier alpha value is -3.03.